The third kappa shape index (κ3) is 3.62. The van der Waals surface area contributed by atoms with Crippen LogP contribution in [0, 0.1) is 0 Å². The predicted octanol–water partition coefficient (Wildman–Crippen LogP) is 5.45. The van der Waals surface area contributed by atoms with E-state index in [1.807, 2.05) is 61.7 Å². The third-order valence-electron chi connectivity index (χ3n) is 4.44. The summed E-state index contributed by atoms with van der Waals surface area (Å²) in [6, 6.07) is 22.5. The maximum absolute atomic E-state index is 9.02. The van der Waals surface area contributed by atoms with Gasteiger partial charge in [0.1, 0.15) is 0 Å². The molecule has 0 saturated heterocycles. The molecule has 0 radical (unpaired) electrons. The van der Waals surface area contributed by atoms with Crippen LogP contribution in [0.5, 0.6) is 0 Å². The molecule has 1 atom stereocenters. The SMILES string of the molecule is [2H]C(C)(c1ccccc1)c1ccccc1-c1cc[c]([Ge]([CH3])([CH3])[CH3])cn1. The van der Waals surface area contributed by atoms with Crippen LogP contribution in [0.15, 0.2) is 72.9 Å². The van der Waals surface area contributed by atoms with Crippen molar-refractivity contribution >= 4 is 17.7 Å². The molecule has 0 saturated carbocycles. The molecule has 1 nitrogen and oxygen atoms in total. The zero-order valence-electron chi connectivity index (χ0n) is 15.9. The van der Waals surface area contributed by atoms with E-state index in [4.69, 9.17) is 6.35 Å². The zero-order chi connectivity index (χ0) is 18.1. The molecule has 0 spiro atoms. The first-order valence-corrected chi connectivity index (χ1v) is 15.8. The van der Waals surface area contributed by atoms with Gasteiger partial charge in [0.25, 0.3) is 0 Å². The van der Waals surface area contributed by atoms with Crippen LogP contribution in [0.4, 0.5) is 0 Å². The summed E-state index contributed by atoms with van der Waals surface area (Å²) in [5.74, 6) is 6.31. The summed E-state index contributed by atoms with van der Waals surface area (Å²) in [6.07, 6.45) is 2.04. The fourth-order valence-electron chi connectivity index (χ4n) is 2.87. The Hall–Kier alpha value is -1.87. The van der Waals surface area contributed by atoms with Crippen LogP contribution < -0.4 is 4.40 Å². The first-order chi connectivity index (χ1) is 11.8. The predicted molar refractivity (Wildman–Crippen MR) is 107 cm³/mol. The molecule has 0 bridgehead atoms. The van der Waals surface area contributed by atoms with Gasteiger partial charge in [-0.1, -0.05) is 0 Å². The van der Waals surface area contributed by atoms with Gasteiger partial charge in [0, 0.05) is 0 Å². The molecule has 3 aromatic rings. The number of aromatic nitrogens is 1. The first-order valence-electron chi connectivity index (χ1n) is 8.92. The second kappa shape index (κ2) is 6.94. The molecule has 0 aliphatic carbocycles. The molecular formula is C22H25GeN. The van der Waals surface area contributed by atoms with E-state index in [0.29, 0.717) is 0 Å². The molecule has 1 heterocycles. The Labute approximate surface area is 149 Å². The number of benzene rings is 2. The van der Waals surface area contributed by atoms with Crippen molar-refractivity contribution < 1.29 is 1.37 Å². The van der Waals surface area contributed by atoms with Crippen LogP contribution in [0.25, 0.3) is 11.3 Å². The first kappa shape index (κ1) is 15.6. The van der Waals surface area contributed by atoms with Gasteiger partial charge in [-0.3, -0.25) is 0 Å². The second-order valence-electron chi connectivity index (χ2n) is 7.22. The molecule has 1 unspecified atom stereocenters. The van der Waals surface area contributed by atoms with E-state index in [2.05, 4.69) is 35.5 Å². The van der Waals surface area contributed by atoms with E-state index in [-0.39, 0.29) is 0 Å². The van der Waals surface area contributed by atoms with Crippen molar-refractivity contribution in [2.75, 3.05) is 0 Å². The summed E-state index contributed by atoms with van der Waals surface area (Å²) < 4.78 is 10.4. The molecule has 122 valence electrons. The third-order valence-corrected chi connectivity index (χ3v) is 8.70. The van der Waals surface area contributed by atoms with Crippen LogP contribution in [-0.2, 0) is 0 Å². The Balaban J connectivity index is 2.08. The minimum absolute atomic E-state index is 0.819. The van der Waals surface area contributed by atoms with Crippen molar-refractivity contribution in [3.05, 3.63) is 84.1 Å². The van der Waals surface area contributed by atoms with E-state index in [1.165, 1.54) is 4.40 Å². The molecule has 24 heavy (non-hydrogen) atoms. The molecule has 0 N–H and O–H groups in total. The summed E-state index contributed by atoms with van der Waals surface area (Å²) in [5, 5.41) is 0. The molecule has 0 aliphatic heterocycles. The normalized spacial score (nSPS) is 14.8. The number of hydrogen-bond donors (Lipinski definition) is 0. The molecule has 1 aromatic heterocycles. The van der Waals surface area contributed by atoms with Gasteiger partial charge in [0.2, 0.25) is 0 Å². The van der Waals surface area contributed by atoms with Crippen LogP contribution in [0.3, 0.4) is 0 Å². The Bertz CT molecular complexity index is 849. The number of pyridine rings is 1. The van der Waals surface area contributed by atoms with E-state index in [1.54, 1.807) is 0 Å². The summed E-state index contributed by atoms with van der Waals surface area (Å²) in [7, 11) is 0. The average molecular weight is 377 g/mol. The van der Waals surface area contributed by atoms with E-state index in [0.717, 1.165) is 22.4 Å². The summed E-state index contributed by atoms with van der Waals surface area (Å²) in [6.45, 7) is 1.96. The van der Waals surface area contributed by atoms with Crippen LogP contribution >= 0.6 is 0 Å². The Morgan fingerprint density at radius 1 is 0.875 bits per heavy atom. The second-order valence-corrected chi connectivity index (χ2v) is 17.9. The quantitative estimate of drug-likeness (QED) is 0.552. The van der Waals surface area contributed by atoms with E-state index in [9.17, 15) is 0 Å². The molecule has 3 rings (SSSR count). The van der Waals surface area contributed by atoms with Gasteiger partial charge in [-0.15, -0.1) is 0 Å². The van der Waals surface area contributed by atoms with Gasteiger partial charge < -0.3 is 0 Å². The van der Waals surface area contributed by atoms with Crippen molar-refractivity contribution in [3.8, 4) is 11.3 Å². The monoisotopic (exact) mass is 378 g/mol. The summed E-state index contributed by atoms with van der Waals surface area (Å²) in [4.78, 5) is 4.75. The van der Waals surface area contributed by atoms with Gasteiger partial charge in [-0.2, -0.15) is 0 Å². The van der Waals surface area contributed by atoms with Crippen LogP contribution in [-0.4, -0.2) is 18.3 Å². The van der Waals surface area contributed by atoms with Crippen molar-refractivity contribution in [1.82, 2.24) is 4.98 Å². The number of hydrogen-bond acceptors (Lipinski definition) is 1. The van der Waals surface area contributed by atoms with Crippen LogP contribution in [0.1, 0.15) is 25.3 Å². The molecular weight excluding hydrogens is 351 g/mol. The fraction of sp³-hybridized carbons (Fsp3) is 0.227. The van der Waals surface area contributed by atoms with Crippen molar-refractivity contribution in [3.63, 3.8) is 0 Å². The number of nitrogens with zero attached hydrogens (tertiary/aromatic N) is 1. The standard InChI is InChI=1S/C22H25GeN/c1-17(18-10-6-5-7-11-18)20-12-8-9-13-21(20)22-15-14-19(16-24-22)23(2,3)4/h5-17H,1-4H3/i17D. The zero-order valence-corrected chi connectivity index (χ0v) is 17.0. The number of rotatable bonds is 4. The topological polar surface area (TPSA) is 12.9 Å². The molecule has 0 fully saturated rings. The Morgan fingerprint density at radius 3 is 2.17 bits per heavy atom. The van der Waals surface area contributed by atoms with E-state index >= 15 is 0 Å². The van der Waals surface area contributed by atoms with Crippen molar-refractivity contribution in [1.29, 1.82) is 0 Å². The van der Waals surface area contributed by atoms with Gasteiger partial charge in [0.15, 0.2) is 0 Å². The fourth-order valence-corrected chi connectivity index (χ4v) is 5.05. The van der Waals surface area contributed by atoms with Gasteiger partial charge >= 0.3 is 149 Å². The molecule has 0 aliphatic rings. The van der Waals surface area contributed by atoms with Crippen molar-refractivity contribution in [2.24, 2.45) is 0 Å². The molecule has 0 amide bonds. The summed E-state index contributed by atoms with van der Waals surface area (Å²) in [5.41, 5.74) is 3.96. The molecule has 2 heteroatoms. The average Bonchev–Trinajstić information content (AvgIpc) is 2.62. The Kier molecular flexibility index (Phi) is 4.52. The summed E-state index contributed by atoms with van der Waals surface area (Å²) >= 11 is -1.86. The maximum atomic E-state index is 9.02. The van der Waals surface area contributed by atoms with Crippen molar-refractivity contribution in [2.45, 2.75) is 30.1 Å². The van der Waals surface area contributed by atoms with Gasteiger partial charge in [0.05, 0.1) is 0 Å². The van der Waals surface area contributed by atoms with Gasteiger partial charge in [-0.25, -0.2) is 0 Å². The molecule has 2 aromatic carbocycles. The van der Waals surface area contributed by atoms with Crippen LogP contribution in [0.2, 0.25) is 17.3 Å². The van der Waals surface area contributed by atoms with E-state index < -0.39 is 19.2 Å². The minimum atomic E-state index is -1.86. The van der Waals surface area contributed by atoms with Gasteiger partial charge in [-0.05, 0) is 0 Å². The Morgan fingerprint density at radius 2 is 1.54 bits per heavy atom.